The molecule has 3 N–H and O–H groups in total. The third-order valence-corrected chi connectivity index (χ3v) is 4.76. The summed E-state index contributed by atoms with van der Waals surface area (Å²) in [6.07, 6.45) is 4.90. The zero-order chi connectivity index (χ0) is 19.8. The molecule has 0 fully saturated rings. The maximum Gasteiger partial charge on any atom is 0.122 e. The Kier molecular flexibility index (Phi) is 7.77. The minimum Gasteiger partial charge on any atom is -0.507 e. The lowest BCUT2D eigenvalue weighted by molar-refractivity contribution is 0.00938. The van der Waals surface area contributed by atoms with Gasteiger partial charge in [0.2, 0.25) is 0 Å². The zero-order valence-corrected chi connectivity index (χ0v) is 16.0. The molecule has 3 atom stereocenters. The number of rotatable bonds is 9. The second-order valence-electron chi connectivity index (χ2n) is 7.10. The first-order valence-corrected chi connectivity index (χ1v) is 9.32. The van der Waals surface area contributed by atoms with Crippen LogP contribution in [0.15, 0.2) is 61.3 Å². The number of hydrogen-bond donors (Lipinski definition) is 3. The highest BCUT2D eigenvalue weighted by molar-refractivity contribution is 5.81. The maximum atomic E-state index is 10.6. The molecule has 0 radical (unpaired) electrons. The lowest BCUT2D eigenvalue weighted by Gasteiger charge is -2.27. The van der Waals surface area contributed by atoms with Gasteiger partial charge in [-0.15, -0.1) is 6.58 Å². The highest BCUT2D eigenvalue weighted by Gasteiger charge is 2.26. The molecule has 0 aliphatic carbocycles. The van der Waals surface area contributed by atoms with E-state index in [1.807, 2.05) is 50.3 Å². The number of allylic oxidation sites excluding steroid dienone is 1. The Morgan fingerprint density at radius 2 is 1.81 bits per heavy atom. The molecule has 0 saturated heterocycles. The predicted molar refractivity (Wildman–Crippen MR) is 110 cm³/mol. The molecular weight excluding hydrogens is 338 g/mol. The third-order valence-electron chi connectivity index (χ3n) is 4.76. The molecule has 1 aromatic heterocycles. The molecule has 4 heteroatoms. The fourth-order valence-electron chi connectivity index (χ4n) is 3.09. The molecule has 0 saturated carbocycles. The Morgan fingerprint density at radius 1 is 1.11 bits per heavy atom. The summed E-state index contributed by atoms with van der Waals surface area (Å²) >= 11 is 0. The molecule has 0 amide bonds. The second-order valence-corrected chi connectivity index (χ2v) is 7.10. The van der Waals surface area contributed by atoms with E-state index in [4.69, 9.17) is 0 Å². The van der Waals surface area contributed by atoms with Crippen molar-refractivity contribution in [3.8, 4) is 5.75 Å². The van der Waals surface area contributed by atoms with Crippen molar-refractivity contribution in [2.45, 2.75) is 38.9 Å². The number of phenols is 1. The monoisotopic (exact) mass is 367 g/mol. The third kappa shape index (κ3) is 5.78. The van der Waals surface area contributed by atoms with Crippen LogP contribution in [0.5, 0.6) is 5.75 Å². The van der Waals surface area contributed by atoms with Crippen LogP contribution in [-0.2, 0) is 0 Å². The van der Waals surface area contributed by atoms with Crippen molar-refractivity contribution >= 4 is 11.6 Å². The average Bonchev–Trinajstić information content (AvgIpc) is 2.67. The first-order chi connectivity index (χ1) is 12.9. The van der Waals surface area contributed by atoms with Gasteiger partial charge in [0.15, 0.2) is 0 Å². The molecule has 0 aliphatic heterocycles. The SMILES string of the molecule is C=C[C@H]([C@H](O)CC/C(=C/c1ccccc1O)c1ccccn1)[C@H](O)C(C)C. The summed E-state index contributed by atoms with van der Waals surface area (Å²) in [5.41, 5.74) is 2.42. The van der Waals surface area contributed by atoms with Gasteiger partial charge < -0.3 is 15.3 Å². The molecule has 0 spiro atoms. The Balaban J connectivity index is 2.23. The summed E-state index contributed by atoms with van der Waals surface area (Å²) in [6.45, 7) is 7.61. The summed E-state index contributed by atoms with van der Waals surface area (Å²) in [5, 5.41) is 31.0. The van der Waals surface area contributed by atoms with Gasteiger partial charge in [0.25, 0.3) is 0 Å². The number of phenolic OH excluding ortho intramolecular Hbond substituents is 1. The number of aromatic hydroxyl groups is 1. The Morgan fingerprint density at radius 3 is 2.41 bits per heavy atom. The van der Waals surface area contributed by atoms with E-state index >= 15 is 0 Å². The molecule has 2 aromatic rings. The van der Waals surface area contributed by atoms with Crippen LogP contribution in [0.4, 0.5) is 0 Å². The summed E-state index contributed by atoms with van der Waals surface area (Å²) in [4.78, 5) is 4.41. The number of benzene rings is 1. The minimum absolute atomic E-state index is 0.0368. The van der Waals surface area contributed by atoms with Crippen LogP contribution >= 0.6 is 0 Å². The zero-order valence-electron chi connectivity index (χ0n) is 16.0. The van der Waals surface area contributed by atoms with Gasteiger partial charge in [0, 0.05) is 17.7 Å². The van der Waals surface area contributed by atoms with Gasteiger partial charge in [0.05, 0.1) is 17.9 Å². The van der Waals surface area contributed by atoms with E-state index in [9.17, 15) is 15.3 Å². The number of para-hydroxylation sites is 1. The van der Waals surface area contributed by atoms with Crippen molar-refractivity contribution in [1.29, 1.82) is 0 Å². The molecule has 2 rings (SSSR count). The Bertz CT molecular complexity index is 755. The summed E-state index contributed by atoms with van der Waals surface area (Å²) in [6, 6.07) is 12.8. The van der Waals surface area contributed by atoms with Gasteiger partial charge >= 0.3 is 0 Å². The number of hydrogen-bond acceptors (Lipinski definition) is 4. The molecular formula is C23H29NO3. The Hall–Kier alpha value is -2.43. The summed E-state index contributed by atoms with van der Waals surface area (Å²) in [7, 11) is 0. The minimum atomic E-state index is -0.712. The molecule has 0 aliphatic rings. The van der Waals surface area contributed by atoms with Gasteiger partial charge in [0.1, 0.15) is 5.75 Å². The average molecular weight is 367 g/mol. The first-order valence-electron chi connectivity index (χ1n) is 9.32. The summed E-state index contributed by atoms with van der Waals surface area (Å²) < 4.78 is 0. The van der Waals surface area contributed by atoms with Gasteiger partial charge in [-0.3, -0.25) is 4.98 Å². The van der Waals surface area contributed by atoms with Crippen LogP contribution in [-0.4, -0.2) is 32.5 Å². The largest absolute Gasteiger partial charge is 0.507 e. The lowest BCUT2D eigenvalue weighted by Crippen LogP contribution is -2.33. The lowest BCUT2D eigenvalue weighted by atomic mass is 9.86. The molecule has 27 heavy (non-hydrogen) atoms. The smallest absolute Gasteiger partial charge is 0.122 e. The van der Waals surface area contributed by atoms with Gasteiger partial charge in [-0.25, -0.2) is 0 Å². The number of pyridine rings is 1. The molecule has 144 valence electrons. The number of aromatic nitrogens is 1. The first kappa shape index (κ1) is 20.9. The van der Waals surface area contributed by atoms with Crippen molar-refractivity contribution in [1.82, 2.24) is 4.98 Å². The van der Waals surface area contributed by atoms with Gasteiger partial charge in [-0.05, 0) is 48.6 Å². The van der Waals surface area contributed by atoms with Crippen molar-refractivity contribution in [3.63, 3.8) is 0 Å². The van der Waals surface area contributed by atoms with Gasteiger partial charge in [-0.1, -0.05) is 44.2 Å². The molecule has 1 heterocycles. The maximum absolute atomic E-state index is 10.6. The van der Waals surface area contributed by atoms with E-state index in [0.29, 0.717) is 18.4 Å². The van der Waals surface area contributed by atoms with Crippen LogP contribution < -0.4 is 0 Å². The second kappa shape index (κ2) is 10.0. The van der Waals surface area contributed by atoms with E-state index in [0.717, 1.165) is 11.3 Å². The van der Waals surface area contributed by atoms with E-state index in [1.165, 1.54) is 0 Å². The van der Waals surface area contributed by atoms with Crippen LogP contribution in [0.2, 0.25) is 0 Å². The number of aliphatic hydroxyl groups is 2. The fraction of sp³-hybridized carbons (Fsp3) is 0.348. The van der Waals surface area contributed by atoms with Crippen LogP contribution in [0.1, 0.15) is 37.9 Å². The highest BCUT2D eigenvalue weighted by Crippen LogP contribution is 2.28. The quantitative estimate of drug-likeness (QED) is 0.578. The highest BCUT2D eigenvalue weighted by atomic mass is 16.3. The van der Waals surface area contributed by atoms with Crippen LogP contribution in [0.3, 0.4) is 0 Å². The Labute approximate surface area is 161 Å². The van der Waals surface area contributed by atoms with E-state index in [-0.39, 0.29) is 17.6 Å². The summed E-state index contributed by atoms with van der Waals surface area (Å²) in [5.74, 6) is -0.152. The molecule has 4 nitrogen and oxygen atoms in total. The van der Waals surface area contributed by atoms with Crippen molar-refractivity contribution in [3.05, 3.63) is 72.6 Å². The van der Waals surface area contributed by atoms with E-state index < -0.39 is 12.2 Å². The van der Waals surface area contributed by atoms with E-state index in [2.05, 4.69) is 11.6 Å². The van der Waals surface area contributed by atoms with Crippen LogP contribution in [0.25, 0.3) is 11.6 Å². The van der Waals surface area contributed by atoms with Crippen molar-refractivity contribution in [2.24, 2.45) is 11.8 Å². The predicted octanol–water partition coefficient (Wildman–Crippen LogP) is 4.29. The topological polar surface area (TPSA) is 73.6 Å². The van der Waals surface area contributed by atoms with Crippen LogP contribution in [0, 0.1) is 11.8 Å². The van der Waals surface area contributed by atoms with E-state index in [1.54, 1.807) is 24.4 Å². The standard InChI is InChI=1S/C23H29NO3/c1-4-19(23(27)16(2)3)22(26)13-12-17(20-10-7-8-14-24-20)15-18-9-5-6-11-21(18)25/h4-11,14-16,19,22-23,25-27H,1,12-13H2,2-3H3/b17-15-/t19-,22-,23-/m1/s1. The number of aliphatic hydroxyl groups excluding tert-OH is 2. The van der Waals surface area contributed by atoms with Gasteiger partial charge in [-0.2, -0.15) is 0 Å². The normalized spacial score (nSPS) is 15.4. The molecule has 0 unspecified atom stereocenters. The molecule has 0 bridgehead atoms. The molecule has 1 aromatic carbocycles. The van der Waals surface area contributed by atoms with Crippen molar-refractivity contribution in [2.75, 3.05) is 0 Å². The van der Waals surface area contributed by atoms with Crippen molar-refractivity contribution < 1.29 is 15.3 Å². The number of nitrogens with zero attached hydrogens (tertiary/aromatic N) is 1. The fourth-order valence-corrected chi connectivity index (χ4v) is 3.09.